The molecule has 0 radical (unpaired) electrons. The van der Waals surface area contributed by atoms with Crippen LogP contribution in [0.4, 0.5) is 0 Å². The second kappa shape index (κ2) is 5.95. The highest BCUT2D eigenvalue weighted by atomic mass is 16.5. The van der Waals surface area contributed by atoms with Crippen molar-refractivity contribution in [3.63, 3.8) is 0 Å². The monoisotopic (exact) mass is 262 g/mol. The first-order valence-corrected chi connectivity index (χ1v) is 5.50. The number of ketones is 2. The molecule has 0 unspecified atom stereocenters. The second-order valence-corrected chi connectivity index (χ2v) is 3.95. The van der Waals surface area contributed by atoms with E-state index >= 15 is 0 Å². The van der Waals surface area contributed by atoms with Crippen LogP contribution in [0.5, 0.6) is 11.5 Å². The number of hydrogen-bond donors (Lipinski definition) is 1. The minimum Gasteiger partial charge on any atom is -0.504 e. The topological polar surface area (TPSA) is 80.7 Å². The summed E-state index contributed by atoms with van der Waals surface area (Å²) in [5.74, 6) is -0.958. The number of phenolic OH excluding ortho intramolecular Hbond substituents is 1. The van der Waals surface area contributed by atoms with E-state index in [0.717, 1.165) is 0 Å². The van der Waals surface area contributed by atoms with Crippen molar-refractivity contribution in [3.05, 3.63) is 28.8 Å². The zero-order valence-corrected chi connectivity index (χ0v) is 10.9. The smallest absolute Gasteiger partial charge is 0.165 e. The Balaban J connectivity index is 3.49. The van der Waals surface area contributed by atoms with E-state index in [4.69, 9.17) is 4.74 Å². The van der Waals surface area contributed by atoms with Gasteiger partial charge < -0.3 is 9.84 Å². The summed E-state index contributed by atoms with van der Waals surface area (Å²) < 4.78 is 4.92. The fraction of sp³-hybridized carbons (Fsp3) is 0.214. The molecule has 0 atom stereocenters. The summed E-state index contributed by atoms with van der Waals surface area (Å²) in [5, 5.41) is 9.91. The summed E-state index contributed by atoms with van der Waals surface area (Å²) in [6.07, 6.45) is 1.83. The second-order valence-electron chi connectivity index (χ2n) is 3.95. The number of carbonyl (C=O) groups excluding carboxylic acids is 3. The maximum Gasteiger partial charge on any atom is 0.165 e. The maximum atomic E-state index is 11.3. The summed E-state index contributed by atoms with van der Waals surface area (Å²) in [7, 11) is 1.34. The molecule has 5 nitrogen and oxygen atoms in total. The van der Waals surface area contributed by atoms with Gasteiger partial charge in [0.1, 0.15) is 6.29 Å². The highest BCUT2D eigenvalue weighted by Crippen LogP contribution is 2.32. The van der Waals surface area contributed by atoms with Crippen molar-refractivity contribution in [3.8, 4) is 11.5 Å². The van der Waals surface area contributed by atoms with Crippen LogP contribution in [0.15, 0.2) is 17.7 Å². The molecule has 100 valence electrons. The van der Waals surface area contributed by atoms with Gasteiger partial charge in [0, 0.05) is 11.1 Å². The minimum atomic E-state index is -0.414. The number of hydrogen-bond acceptors (Lipinski definition) is 5. The molecule has 1 rings (SSSR count). The van der Waals surface area contributed by atoms with Crippen molar-refractivity contribution in [1.29, 1.82) is 0 Å². The Morgan fingerprint density at radius 1 is 1.21 bits per heavy atom. The lowest BCUT2D eigenvalue weighted by atomic mass is 10.0. The SMILES string of the molecule is COc1cc(C=O)cc(C=C(C(C)=O)C(C)=O)c1O. The molecule has 1 aromatic rings. The van der Waals surface area contributed by atoms with Gasteiger partial charge in [-0.15, -0.1) is 0 Å². The third kappa shape index (κ3) is 3.28. The Kier molecular flexibility index (Phi) is 4.58. The molecule has 0 amide bonds. The van der Waals surface area contributed by atoms with Crippen LogP contribution in [0, 0.1) is 0 Å². The third-order valence-electron chi connectivity index (χ3n) is 2.54. The van der Waals surface area contributed by atoms with Crippen molar-refractivity contribution >= 4 is 23.9 Å². The molecule has 5 heteroatoms. The molecule has 0 heterocycles. The standard InChI is InChI=1S/C14H14O5/c1-8(16)12(9(2)17)6-11-4-10(7-15)5-13(19-3)14(11)18/h4-7,18H,1-3H3. The summed E-state index contributed by atoms with van der Waals surface area (Å²) in [4.78, 5) is 33.5. The van der Waals surface area contributed by atoms with Crippen LogP contribution in [0.25, 0.3) is 6.08 Å². The molecule has 0 saturated carbocycles. The molecule has 0 fully saturated rings. The van der Waals surface area contributed by atoms with Crippen LogP contribution >= 0.6 is 0 Å². The van der Waals surface area contributed by atoms with Crippen LogP contribution in [0.3, 0.4) is 0 Å². The van der Waals surface area contributed by atoms with Gasteiger partial charge in [-0.2, -0.15) is 0 Å². The van der Waals surface area contributed by atoms with E-state index in [0.29, 0.717) is 6.29 Å². The van der Waals surface area contributed by atoms with Crippen LogP contribution in [-0.2, 0) is 9.59 Å². The number of methoxy groups -OCH3 is 1. The van der Waals surface area contributed by atoms with Gasteiger partial charge in [-0.25, -0.2) is 0 Å². The molecule has 0 aromatic heterocycles. The molecule has 0 spiro atoms. The fourth-order valence-electron chi connectivity index (χ4n) is 1.59. The van der Waals surface area contributed by atoms with E-state index in [1.807, 2.05) is 0 Å². The molecular formula is C14H14O5. The predicted octanol–water partition coefficient (Wildman–Crippen LogP) is 1.77. The lowest BCUT2D eigenvalue weighted by Crippen LogP contribution is -2.05. The first kappa shape index (κ1) is 14.6. The van der Waals surface area contributed by atoms with Gasteiger partial charge in [-0.05, 0) is 32.1 Å². The van der Waals surface area contributed by atoms with Gasteiger partial charge in [-0.1, -0.05) is 0 Å². The fourth-order valence-corrected chi connectivity index (χ4v) is 1.59. The lowest BCUT2D eigenvalue weighted by Gasteiger charge is -2.08. The summed E-state index contributed by atoms with van der Waals surface area (Å²) >= 11 is 0. The lowest BCUT2D eigenvalue weighted by molar-refractivity contribution is -0.119. The molecule has 0 aliphatic rings. The predicted molar refractivity (Wildman–Crippen MR) is 69.4 cm³/mol. The Morgan fingerprint density at radius 2 is 1.79 bits per heavy atom. The van der Waals surface area contributed by atoms with Crippen molar-refractivity contribution in [2.24, 2.45) is 0 Å². The largest absolute Gasteiger partial charge is 0.504 e. The van der Waals surface area contributed by atoms with Crippen molar-refractivity contribution < 1.29 is 24.2 Å². The van der Waals surface area contributed by atoms with Crippen molar-refractivity contribution in [2.45, 2.75) is 13.8 Å². The third-order valence-corrected chi connectivity index (χ3v) is 2.54. The number of Topliss-reactive ketones (excluding diaryl/α,β-unsaturated/α-hetero) is 2. The average molecular weight is 262 g/mol. The molecule has 0 aliphatic carbocycles. The summed E-state index contributed by atoms with van der Waals surface area (Å²) in [5.41, 5.74) is 0.398. The van der Waals surface area contributed by atoms with E-state index in [1.54, 1.807) is 0 Å². The highest BCUT2D eigenvalue weighted by molar-refractivity contribution is 6.21. The first-order chi connectivity index (χ1) is 8.90. The number of ether oxygens (including phenoxy) is 1. The quantitative estimate of drug-likeness (QED) is 0.378. The maximum absolute atomic E-state index is 11.3. The van der Waals surface area contributed by atoms with Crippen LogP contribution in [0.1, 0.15) is 29.8 Å². The number of benzene rings is 1. The zero-order chi connectivity index (χ0) is 14.6. The Bertz CT molecular complexity index is 553. The molecule has 1 N–H and O–H groups in total. The van der Waals surface area contributed by atoms with Gasteiger partial charge in [0.2, 0.25) is 0 Å². The van der Waals surface area contributed by atoms with E-state index in [-0.39, 0.29) is 28.2 Å². The van der Waals surface area contributed by atoms with Crippen molar-refractivity contribution in [1.82, 2.24) is 0 Å². The average Bonchev–Trinajstić information content (AvgIpc) is 2.36. The number of rotatable bonds is 5. The van der Waals surface area contributed by atoms with Gasteiger partial charge in [0.15, 0.2) is 23.1 Å². The normalized spacial score (nSPS) is 9.63. The number of allylic oxidation sites excluding steroid dienone is 1. The highest BCUT2D eigenvalue weighted by Gasteiger charge is 2.14. The Morgan fingerprint density at radius 3 is 2.21 bits per heavy atom. The molecule has 0 saturated heterocycles. The van der Waals surface area contributed by atoms with Gasteiger partial charge >= 0.3 is 0 Å². The molecule has 0 aliphatic heterocycles. The number of aromatic hydroxyl groups is 1. The van der Waals surface area contributed by atoms with E-state index in [9.17, 15) is 19.5 Å². The van der Waals surface area contributed by atoms with Gasteiger partial charge in [0.25, 0.3) is 0 Å². The van der Waals surface area contributed by atoms with Crippen molar-refractivity contribution in [2.75, 3.05) is 7.11 Å². The molecular weight excluding hydrogens is 248 g/mol. The van der Waals surface area contributed by atoms with Crippen LogP contribution < -0.4 is 4.74 Å². The van der Waals surface area contributed by atoms with E-state index in [1.165, 1.54) is 39.2 Å². The Hall–Kier alpha value is -2.43. The number of phenols is 1. The summed E-state index contributed by atoms with van der Waals surface area (Å²) in [6.45, 7) is 2.51. The minimum absolute atomic E-state index is 0.0552. The first-order valence-electron chi connectivity index (χ1n) is 5.50. The Labute approximate surface area is 110 Å². The van der Waals surface area contributed by atoms with Crippen LogP contribution in [-0.4, -0.2) is 30.1 Å². The van der Waals surface area contributed by atoms with Gasteiger partial charge in [0.05, 0.1) is 12.7 Å². The van der Waals surface area contributed by atoms with E-state index < -0.39 is 11.6 Å². The number of carbonyl (C=O) groups is 3. The van der Waals surface area contributed by atoms with Gasteiger partial charge in [-0.3, -0.25) is 14.4 Å². The van der Waals surface area contributed by atoms with Crippen LogP contribution in [0.2, 0.25) is 0 Å². The zero-order valence-electron chi connectivity index (χ0n) is 10.9. The number of aldehydes is 1. The molecule has 1 aromatic carbocycles. The molecule has 0 bridgehead atoms. The van der Waals surface area contributed by atoms with E-state index in [2.05, 4.69) is 0 Å². The summed E-state index contributed by atoms with van der Waals surface area (Å²) in [6, 6.07) is 2.73. The molecule has 19 heavy (non-hydrogen) atoms.